The number of amides is 1. The summed E-state index contributed by atoms with van der Waals surface area (Å²) in [7, 11) is -3.91. The number of aromatic nitrogens is 1. The van der Waals surface area contributed by atoms with Crippen molar-refractivity contribution in [3.05, 3.63) is 62.4 Å². The number of rotatable bonds is 8. The number of halogens is 1. The molecule has 1 unspecified atom stereocenters. The Hall–Kier alpha value is -2.64. The van der Waals surface area contributed by atoms with Crippen LogP contribution in [0.5, 0.6) is 0 Å². The number of fused-ring (bicyclic) bond motifs is 1. The van der Waals surface area contributed by atoms with Gasteiger partial charge in [-0.2, -0.15) is 9.30 Å². The van der Waals surface area contributed by atoms with Gasteiger partial charge in [-0.25, -0.2) is 8.42 Å². The average molecular weight is 539 g/mol. The third-order valence-corrected chi connectivity index (χ3v) is 8.87. The van der Waals surface area contributed by atoms with Crippen LogP contribution in [0.2, 0.25) is 5.02 Å². The van der Waals surface area contributed by atoms with E-state index in [4.69, 9.17) is 16.3 Å². The van der Waals surface area contributed by atoms with Crippen LogP contribution in [0.1, 0.15) is 19.8 Å². The molecule has 3 aromatic rings. The first kappa shape index (κ1) is 25.5. The van der Waals surface area contributed by atoms with E-state index in [1.54, 1.807) is 10.6 Å². The van der Waals surface area contributed by atoms with Crippen LogP contribution in [-0.2, 0) is 26.1 Å². The topological polar surface area (TPSA) is 124 Å². The van der Waals surface area contributed by atoms with Crippen LogP contribution >= 0.6 is 22.9 Å². The molecule has 0 bridgehead atoms. The molecule has 35 heavy (non-hydrogen) atoms. The van der Waals surface area contributed by atoms with E-state index in [9.17, 15) is 23.3 Å². The number of hydrogen-bond donors (Lipinski definition) is 0. The lowest BCUT2D eigenvalue weighted by Gasteiger charge is -2.21. The number of nitro groups is 1. The van der Waals surface area contributed by atoms with Crippen LogP contribution in [0.3, 0.4) is 0 Å². The zero-order chi connectivity index (χ0) is 25.2. The molecule has 1 aliphatic rings. The molecule has 1 saturated heterocycles. The molecule has 1 aliphatic heterocycles. The molecule has 0 radical (unpaired) electrons. The summed E-state index contributed by atoms with van der Waals surface area (Å²) in [6.07, 6.45) is 0.881. The molecule has 0 N–H and O–H groups in total. The standard InChI is InChI=1S/C22H23ClN4O6S2/c1-2-33-13-12-25-18-10-7-16(27(29)30)14-20(18)34-22(25)24-21(28)19-4-3-11-26(19)35(31,32)17-8-5-15(23)6-9-17/h5-10,14,19H,2-4,11-13H2,1H3. The van der Waals surface area contributed by atoms with Crippen molar-refractivity contribution >= 4 is 54.8 Å². The van der Waals surface area contributed by atoms with Gasteiger partial charge in [0.15, 0.2) is 4.80 Å². The van der Waals surface area contributed by atoms with E-state index in [0.29, 0.717) is 52.6 Å². The second-order valence-corrected chi connectivity index (χ2v) is 11.2. The van der Waals surface area contributed by atoms with Gasteiger partial charge < -0.3 is 9.30 Å². The number of ether oxygens (including phenoxy) is 1. The van der Waals surface area contributed by atoms with E-state index in [-0.39, 0.29) is 17.1 Å². The zero-order valence-corrected chi connectivity index (χ0v) is 21.2. The Kier molecular flexibility index (Phi) is 7.67. The van der Waals surface area contributed by atoms with Crippen molar-refractivity contribution in [2.24, 2.45) is 4.99 Å². The molecular weight excluding hydrogens is 516 g/mol. The molecule has 0 spiro atoms. The Balaban J connectivity index is 1.71. The van der Waals surface area contributed by atoms with Gasteiger partial charge >= 0.3 is 0 Å². The van der Waals surface area contributed by atoms with E-state index in [2.05, 4.69) is 4.99 Å². The molecule has 2 aromatic carbocycles. The maximum atomic E-state index is 13.3. The molecule has 0 aliphatic carbocycles. The minimum Gasteiger partial charge on any atom is -0.380 e. The molecule has 2 heterocycles. The Labute approximate surface area is 210 Å². The highest BCUT2D eigenvalue weighted by molar-refractivity contribution is 7.89. The van der Waals surface area contributed by atoms with Gasteiger partial charge in [-0.1, -0.05) is 22.9 Å². The number of thiazole rings is 1. The lowest BCUT2D eigenvalue weighted by molar-refractivity contribution is -0.384. The van der Waals surface area contributed by atoms with Gasteiger partial charge in [-0.05, 0) is 50.1 Å². The molecule has 1 fully saturated rings. The summed E-state index contributed by atoms with van der Waals surface area (Å²) in [5.41, 5.74) is 0.619. The van der Waals surface area contributed by atoms with Gasteiger partial charge in [0.05, 0.1) is 26.6 Å². The highest BCUT2D eigenvalue weighted by atomic mass is 35.5. The number of nitrogens with zero attached hydrogens (tertiary/aromatic N) is 4. The van der Waals surface area contributed by atoms with E-state index in [1.807, 2.05) is 6.92 Å². The number of carbonyl (C=O) groups excluding carboxylic acids is 1. The molecule has 1 amide bonds. The quantitative estimate of drug-likeness (QED) is 0.245. The van der Waals surface area contributed by atoms with Gasteiger partial charge in [-0.3, -0.25) is 14.9 Å². The van der Waals surface area contributed by atoms with Crippen molar-refractivity contribution in [1.82, 2.24) is 8.87 Å². The highest BCUT2D eigenvalue weighted by Crippen LogP contribution is 2.28. The number of non-ortho nitro benzene ring substituents is 1. The van der Waals surface area contributed by atoms with E-state index in [0.717, 1.165) is 11.3 Å². The summed E-state index contributed by atoms with van der Waals surface area (Å²) in [5.74, 6) is -0.578. The van der Waals surface area contributed by atoms with Crippen molar-refractivity contribution in [3.8, 4) is 0 Å². The molecule has 13 heteroatoms. The lowest BCUT2D eigenvalue weighted by Crippen LogP contribution is -2.40. The predicted octanol–water partition coefficient (Wildman–Crippen LogP) is 3.58. The number of carbonyl (C=O) groups is 1. The van der Waals surface area contributed by atoms with Crippen LogP contribution in [0.15, 0.2) is 52.4 Å². The fourth-order valence-electron chi connectivity index (χ4n) is 3.96. The van der Waals surface area contributed by atoms with E-state index < -0.39 is 26.9 Å². The summed E-state index contributed by atoms with van der Waals surface area (Å²) in [4.78, 5) is 28.7. The fourth-order valence-corrected chi connectivity index (χ4v) is 6.83. The molecule has 0 saturated carbocycles. The van der Waals surface area contributed by atoms with Crippen molar-refractivity contribution < 1.29 is 22.9 Å². The zero-order valence-electron chi connectivity index (χ0n) is 18.8. The minimum atomic E-state index is -3.91. The third-order valence-electron chi connectivity index (χ3n) is 5.66. The lowest BCUT2D eigenvalue weighted by atomic mass is 10.2. The van der Waals surface area contributed by atoms with Crippen LogP contribution in [0, 0.1) is 10.1 Å². The molecular formula is C22H23ClN4O6S2. The highest BCUT2D eigenvalue weighted by Gasteiger charge is 2.39. The number of benzene rings is 2. The van der Waals surface area contributed by atoms with Crippen LogP contribution < -0.4 is 4.80 Å². The first-order chi connectivity index (χ1) is 16.7. The Bertz CT molecular complexity index is 1430. The first-order valence-corrected chi connectivity index (χ1v) is 13.6. The van der Waals surface area contributed by atoms with Crippen LogP contribution in [-0.4, -0.2) is 53.9 Å². The van der Waals surface area contributed by atoms with Crippen molar-refractivity contribution in [1.29, 1.82) is 0 Å². The molecule has 1 aromatic heterocycles. The van der Waals surface area contributed by atoms with Gasteiger partial charge in [0.25, 0.3) is 11.6 Å². The van der Waals surface area contributed by atoms with Crippen molar-refractivity contribution in [2.75, 3.05) is 19.8 Å². The maximum Gasteiger partial charge on any atom is 0.270 e. The Morgan fingerprint density at radius 3 is 2.71 bits per heavy atom. The van der Waals surface area contributed by atoms with E-state index >= 15 is 0 Å². The number of hydrogen-bond acceptors (Lipinski definition) is 7. The summed E-state index contributed by atoms with van der Waals surface area (Å²) < 4.78 is 35.4. The second kappa shape index (κ2) is 10.5. The predicted molar refractivity (Wildman–Crippen MR) is 132 cm³/mol. The largest absolute Gasteiger partial charge is 0.380 e. The van der Waals surface area contributed by atoms with Gasteiger partial charge in [0.1, 0.15) is 6.04 Å². The summed E-state index contributed by atoms with van der Waals surface area (Å²) in [6, 6.07) is 9.32. The van der Waals surface area contributed by atoms with E-state index in [1.165, 1.54) is 40.7 Å². The monoisotopic (exact) mass is 538 g/mol. The average Bonchev–Trinajstić information content (AvgIpc) is 3.45. The summed E-state index contributed by atoms with van der Waals surface area (Å²) in [5, 5.41) is 11.6. The second-order valence-electron chi connectivity index (χ2n) is 7.82. The molecule has 4 rings (SSSR count). The maximum absolute atomic E-state index is 13.3. The third kappa shape index (κ3) is 5.31. The van der Waals surface area contributed by atoms with Gasteiger partial charge in [0.2, 0.25) is 10.0 Å². The fraction of sp³-hybridized carbons (Fsp3) is 0.364. The SMILES string of the molecule is CCOCCn1c(=NC(=O)C2CCCN2S(=O)(=O)c2ccc(Cl)cc2)sc2cc([N+](=O)[O-])ccc21. The smallest absolute Gasteiger partial charge is 0.270 e. The van der Waals surface area contributed by atoms with Crippen LogP contribution in [0.4, 0.5) is 5.69 Å². The minimum absolute atomic E-state index is 0.0579. The van der Waals surface area contributed by atoms with Crippen molar-refractivity contribution in [3.63, 3.8) is 0 Å². The Morgan fingerprint density at radius 2 is 2.03 bits per heavy atom. The molecule has 186 valence electrons. The number of nitro benzene ring substituents is 1. The van der Waals surface area contributed by atoms with Crippen LogP contribution in [0.25, 0.3) is 10.2 Å². The van der Waals surface area contributed by atoms with Gasteiger partial charge in [-0.15, -0.1) is 0 Å². The van der Waals surface area contributed by atoms with Crippen molar-refractivity contribution in [2.45, 2.75) is 37.2 Å². The first-order valence-electron chi connectivity index (χ1n) is 10.9. The molecule has 10 nitrogen and oxygen atoms in total. The summed E-state index contributed by atoms with van der Waals surface area (Å²) in [6.45, 7) is 3.33. The number of sulfonamides is 1. The Morgan fingerprint density at radius 1 is 1.29 bits per heavy atom. The van der Waals surface area contributed by atoms with Gasteiger partial charge in [0, 0.05) is 36.9 Å². The molecule has 1 atom stereocenters. The normalized spacial score (nSPS) is 17.3. The summed E-state index contributed by atoms with van der Waals surface area (Å²) >= 11 is 7.03.